The number of ether oxygens (including phenoxy) is 1. The van der Waals surface area contributed by atoms with Crippen molar-refractivity contribution in [3.63, 3.8) is 0 Å². The van der Waals surface area contributed by atoms with Gasteiger partial charge in [-0.15, -0.1) is 0 Å². The molecular weight excluding hydrogens is 219 g/mol. The second-order valence-electron chi connectivity index (χ2n) is 3.18. The van der Waals surface area contributed by atoms with Crippen LogP contribution in [0.4, 0.5) is 22.0 Å². The van der Waals surface area contributed by atoms with Crippen LogP contribution in [0.1, 0.15) is 13.8 Å². The monoisotopic (exact) mass is 230 g/mol. The summed E-state index contributed by atoms with van der Waals surface area (Å²) in [6.07, 6.45) is -4.33. The Hall–Kier alpha value is -1.07. The van der Waals surface area contributed by atoms with E-state index in [1.165, 1.54) is 6.08 Å². The quantitative estimate of drug-likeness (QED) is 0.406. The Labute approximate surface area is 84.2 Å². The van der Waals surface area contributed by atoms with Crippen molar-refractivity contribution in [1.82, 2.24) is 0 Å². The molecule has 0 saturated carbocycles. The van der Waals surface area contributed by atoms with Gasteiger partial charge in [0, 0.05) is 0 Å². The molecule has 0 fully saturated rings. The second-order valence-corrected chi connectivity index (χ2v) is 3.18. The summed E-state index contributed by atoms with van der Waals surface area (Å²) >= 11 is 0. The standard InChI is InChI=1S/C9H11F5O/c1-6(2)4-7(3)15-5-8(10,11)9(12,13)14/h4H,3,5H2,1-2H3. The van der Waals surface area contributed by atoms with Crippen LogP contribution >= 0.6 is 0 Å². The molecule has 0 aromatic rings. The second kappa shape index (κ2) is 4.63. The normalized spacial score (nSPS) is 12.2. The van der Waals surface area contributed by atoms with Crippen LogP contribution < -0.4 is 0 Å². The Morgan fingerprint density at radius 1 is 1.20 bits per heavy atom. The fourth-order valence-electron chi connectivity index (χ4n) is 0.629. The van der Waals surface area contributed by atoms with Crippen molar-refractivity contribution in [2.45, 2.75) is 25.9 Å². The van der Waals surface area contributed by atoms with E-state index in [9.17, 15) is 22.0 Å². The van der Waals surface area contributed by atoms with E-state index in [2.05, 4.69) is 11.3 Å². The van der Waals surface area contributed by atoms with E-state index in [0.29, 0.717) is 5.57 Å². The topological polar surface area (TPSA) is 9.23 Å². The Balaban J connectivity index is 4.29. The van der Waals surface area contributed by atoms with Gasteiger partial charge in [0.1, 0.15) is 5.76 Å². The van der Waals surface area contributed by atoms with Crippen molar-refractivity contribution in [3.05, 3.63) is 24.0 Å². The van der Waals surface area contributed by atoms with Gasteiger partial charge in [-0.05, 0) is 19.9 Å². The first kappa shape index (κ1) is 13.9. The maximum absolute atomic E-state index is 12.3. The maximum atomic E-state index is 12.3. The van der Waals surface area contributed by atoms with Crippen LogP contribution in [-0.2, 0) is 4.74 Å². The molecule has 0 aliphatic rings. The molecule has 0 atom stereocenters. The molecule has 0 aromatic carbocycles. The molecule has 6 heteroatoms. The first-order valence-corrected chi connectivity index (χ1v) is 3.97. The summed E-state index contributed by atoms with van der Waals surface area (Å²) in [5, 5.41) is 0. The van der Waals surface area contributed by atoms with Crippen LogP contribution in [0.5, 0.6) is 0 Å². The van der Waals surface area contributed by atoms with Gasteiger partial charge in [0.25, 0.3) is 0 Å². The van der Waals surface area contributed by atoms with Gasteiger partial charge in [-0.3, -0.25) is 0 Å². The highest BCUT2D eigenvalue weighted by Crippen LogP contribution is 2.35. The number of rotatable bonds is 4. The molecule has 0 radical (unpaired) electrons. The first-order chi connectivity index (χ1) is 6.56. The summed E-state index contributed by atoms with van der Waals surface area (Å²) < 4.78 is 63.9. The number of alkyl halides is 5. The molecule has 0 spiro atoms. The van der Waals surface area contributed by atoms with Crippen molar-refractivity contribution in [2.75, 3.05) is 6.61 Å². The Bertz CT molecular complexity index is 260. The molecule has 0 rings (SSSR count). The predicted molar refractivity (Wildman–Crippen MR) is 45.5 cm³/mol. The summed E-state index contributed by atoms with van der Waals surface area (Å²) in [6.45, 7) is 4.70. The highest BCUT2D eigenvalue weighted by Gasteiger charge is 2.58. The van der Waals surface area contributed by atoms with E-state index < -0.39 is 18.7 Å². The Kier molecular flexibility index (Phi) is 4.30. The van der Waals surface area contributed by atoms with Crippen molar-refractivity contribution in [1.29, 1.82) is 0 Å². The molecule has 1 nitrogen and oxygen atoms in total. The molecule has 0 aliphatic carbocycles. The van der Waals surface area contributed by atoms with Crippen molar-refractivity contribution in [3.8, 4) is 0 Å². The van der Waals surface area contributed by atoms with Gasteiger partial charge in [-0.2, -0.15) is 22.0 Å². The van der Waals surface area contributed by atoms with Crippen LogP contribution in [0.3, 0.4) is 0 Å². The van der Waals surface area contributed by atoms with E-state index in [4.69, 9.17) is 0 Å². The molecular formula is C9H11F5O. The third kappa shape index (κ3) is 4.80. The summed E-state index contributed by atoms with van der Waals surface area (Å²) in [5.41, 5.74) is 0.690. The minimum absolute atomic E-state index is 0.223. The molecule has 0 unspecified atom stereocenters. The van der Waals surface area contributed by atoms with Crippen LogP contribution in [0.2, 0.25) is 0 Å². The SMILES string of the molecule is C=C(C=C(C)C)OCC(F)(F)C(F)(F)F. The van der Waals surface area contributed by atoms with Crippen molar-refractivity contribution >= 4 is 0 Å². The fraction of sp³-hybridized carbons (Fsp3) is 0.556. The lowest BCUT2D eigenvalue weighted by Crippen LogP contribution is -2.40. The Morgan fingerprint density at radius 2 is 1.67 bits per heavy atom. The molecule has 15 heavy (non-hydrogen) atoms. The molecule has 0 amide bonds. The smallest absolute Gasteiger partial charge is 0.456 e. The predicted octanol–water partition coefficient (Wildman–Crippen LogP) is 3.68. The van der Waals surface area contributed by atoms with Gasteiger partial charge in [0.05, 0.1) is 0 Å². The van der Waals surface area contributed by atoms with E-state index in [0.717, 1.165) is 0 Å². The number of hydrogen-bond donors (Lipinski definition) is 0. The maximum Gasteiger partial charge on any atom is 0.456 e. The van der Waals surface area contributed by atoms with Crippen molar-refractivity contribution < 1.29 is 26.7 Å². The Morgan fingerprint density at radius 3 is 2.00 bits per heavy atom. The zero-order valence-corrected chi connectivity index (χ0v) is 8.29. The molecule has 0 aromatic heterocycles. The summed E-state index contributed by atoms with van der Waals surface area (Å²) in [7, 11) is 0. The first-order valence-electron chi connectivity index (χ1n) is 3.97. The number of hydrogen-bond acceptors (Lipinski definition) is 1. The van der Waals surface area contributed by atoms with E-state index in [1.807, 2.05) is 0 Å². The minimum atomic E-state index is -5.60. The van der Waals surface area contributed by atoms with E-state index in [1.54, 1.807) is 13.8 Å². The van der Waals surface area contributed by atoms with Crippen LogP contribution in [0.25, 0.3) is 0 Å². The lowest BCUT2D eigenvalue weighted by molar-refractivity contribution is -0.293. The van der Waals surface area contributed by atoms with Gasteiger partial charge in [0.2, 0.25) is 0 Å². The summed E-state index contributed by atoms with van der Waals surface area (Å²) in [4.78, 5) is 0. The zero-order valence-electron chi connectivity index (χ0n) is 8.29. The summed E-state index contributed by atoms with van der Waals surface area (Å²) in [6, 6.07) is 0. The largest absolute Gasteiger partial charge is 0.488 e. The fourth-order valence-corrected chi connectivity index (χ4v) is 0.629. The van der Waals surface area contributed by atoms with E-state index in [-0.39, 0.29) is 5.76 Å². The third-order valence-corrected chi connectivity index (χ3v) is 1.30. The highest BCUT2D eigenvalue weighted by molar-refractivity contribution is 5.12. The van der Waals surface area contributed by atoms with Gasteiger partial charge < -0.3 is 4.74 Å². The van der Waals surface area contributed by atoms with Crippen molar-refractivity contribution in [2.24, 2.45) is 0 Å². The lowest BCUT2D eigenvalue weighted by Gasteiger charge is -2.19. The molecule has 0 bridgehead atoms. The van der Waals surface area contributed by atoms with Gasteiger partial charge in [-0.25, -0.2) is 0 Å². The lowest BCUT2D eigenvalue weighted by atomic mass is 10.3. The van der Waals surface area contributed by atoms with Gasteiger partial charge in [0.15, 0.2) is 6.61 Å². The van der Waals surface area contributed by atoms with Gasteiger partial charge in [-0.1, -0.05) is 12.2 Å². The zero-order chi connectivity index (χ0) is 12.3. The number of allylic oxidation sites excluding steroid dienone is 2. The number of halogens is 5. The van der Waals surface area contributed by atoms with Crippen LogP contribution in [0, 0.1) is 0 Å². The molecule has 0 aliphatic heterocycles. The van der Waals surface area contributed by atoms with E-state index >= 15 is 0 Å². The molecule has 0 saturated heterocycles. The van der Waals surface area contributed by atoms with Crippen LogP contribution in [0.15, 0.2) is 24.0 Å². The van der Waals surface area contributed by atoms with Gasteiger partial charge >= 0.3 is 12.1 Å². The summed E-state index contributed by atoms with van der Waals surface area (Å²) in [5.74, 6) is -5.08. The molecule has 88 valence electrons. The highest BCUT2D eigenvalue weighted by atomic mass is 19.4. The molecule has 0 N–H and O–H groups in total. The minimum Gasteiger partial charge on any atom is -0.488 e. The third-order valence-electron chi connectivity index (χ3n) is 1.30. The molecule has 0 heterocycles. The average molecular weight is 230 g/mol. The van der Waals surface area contributed by atoms with Crippen LogP contribution in [-0.4, -0.2) is 18.7 Å². The average Bonchev–Trinajstić information content (AvgIpc) is 1.97.